The number of esters is 1. The van der Waals surface area contributed by atoms with Crippen molar-refractivity contribution in [2.45, 2.75) is 68.6 Å². The molecule has 1 saturated heterocycles. The van der Waals surface area contributed by atoms with Gasteiger partial charge in [0.15, 0.2) is 6.10 Å². The maximum Gasteiger partial charge on any atom is 0.446 e. The van der Waals surface area contributed by atoms with Gasteiger partial charge in [-0.05, 0) is 89.0 Å². The number of hydrogen-bond acceptors (Lipinski definition) is 7. The summed E-state index contributed by atoms with van der Waals surface area (Å²) in [4.78, 5) is 15.3. The van der Waals surface area contributed by atoms with Crippen molar-refractivity contribution in [2.24, 2.45) is 11.8 Å². The monoisotopic (exact) mass is 656 g/mol. The van der Waals surface area contributed by atoms with E-state index in [0.717, 1.165) is 43.1 Å². The molecular weight excluding hydrogens is 613 g/mol. The van der Waals surface area contributed by atoms with E-state index in [9.17, 15) is 18.0 Å². The van der Waals surface area contributed by atoms with Gasteiger partial charge >= 0.3 is 11.5 Å². The molecule has 3 aromatic rings. The van der Waals surface area contributed by atoms with E-state index in [4.69, 9.17) is 14.2 Å². The van der Waals surface area contributed by atoms with Gasteiger partial charge in [-0.15, -0.1) is 0 Å². The fraction of sp³-hybridized carbons (Fsp3) is 0.472. The second kappa shape index (κ2) is 14.7. The van der Waals surface area contributed by atoms with Crippen LogP contribution >= 0.6 is 11.8 Å². The molecule has 0 aromatic heterocycles. The third-order valence-electron chi connectivity index (χ3n) is 8.48. The number of carbonyl (C=O) groups excluding carboxylic acids is 1. The van der Waals surface area contributed by atoms with Gasteiger partial charge in [-0.2, -0.15) is 13.2 Å². The van der Waals surface area contributed by atoms with Crippen LogP contribution in [0.3, 0.4) is 0 Å². The van der Waals surface area contributed by atoms with Crippen molar-refractivity contribution in [3.63, 3.8) is 0 Å². The molecule has 6 nitrogen and oxygen atoms in total. The molecule has 0 radical (unpaired) electrons. The first-order valence-corrected chi connectivity index (χ1v) is 16.7. The summed E-state index contributed by atoms with van der Waals surface area (Å²) in [5.41, 5.74) is -1.06. The number of fused-ring (bicyclic) bond motifs is 1. The number of alkyl halides is 3. The zero-order chi connectivity index (χ0) is 32.9. The molecule has 2 aliphatic rings. The van der Waals surface area contributed by atoms with Crippen molar-refractivity contribution in [3.05, 3.63) is 89.5 Å². The number of carbonyl (C=O) groups is 1. The number of benzene rings is 3. The van der Waals surface area contributed by atoms with Crippen LogP contribution in [-0.4, -0.2) is 61.4 Å². The average molecular weight is 657 g/mol. The van der Waals surface area contributed by atoms with E-state index in [-0.39, 0.29) is 34.6 Å². The Bertz CT molecular complexity index is 1410. The molecule has 0 amide bonds. The van der Waals surface area contributed by atoms with Gasteiger partial charge in [-0.25, -0.2) is 4.79 Å². The lowest BCUT2D eigenvalue weighted by Gasteiger charge is -2.21. The van der Waals surface area contributed by atoms with Crippen molar-refractivity contribution in [3.8, 4) is 11.5 Å². The van der Waals surface area contributed by atoms with Crippen molar-refractivity contribution in [2.75, 3.05) is 32.8 Å². The Hall–Kier alpha value is -3.21. The molecule has 1 aliphatic carbocycles. The van der Waals surface area contributed by atoms with Crippen LogP contribution in [0.4, 0.5) is 13.2 Å². The predicted molar refractivity (Wildman–Crippen MR) is 174 cm³/mol. The number of thioether (sulfide) groups is 1. The number of rotatable bonds is 14. The lowest BCUT2D eigenvalue weighted by Crippen LogP contribution is -2.33. The van der Waals surface area contributed by atoms with Gasteiger partial charge in [-0.1, -0.05) is 57.2 Å². The molecule has 0 spiro atoms. The molecule has 3 aromatic carbocycles. The second-order valence-corrected chi connectivity index (χ2v) is 14.2. The number of likely N-dealkylation sites (tertiary alicyclic amines) is 1. The minimum Gasteiger partial charge on any atom is -0.492 e. The maximum absolute atomic E-state index is 12.7. The number of ether oxygens (including phenoxy) is 3. The predicted octanol–water partition coefficient (Wildman–Crippen LogP) is 7.25. The third-order valence-corrected chi connectivity index (χ3v) is 9.22. The fourth-order valence-electron chi connectivity index (χ4n) is 6.04. The zero-order valence-corrected chi connectivity index (χ0v) is 27.6. The highest BCUT2D eigenvalue weighted by molar-refractivity contribution is 8.00. The molecule has 10 heteroatoms. The highest BCUT2D eigenvalue weighted by Gasteiger charge is 2.55. The Kier molecular flexibility index (Phi) is 10.9. The van der Waals surface area contributed by atoms with Gasteiger partial charge in [-0.3, -0.25) is 4.90 Å². The summed E-state index contributed by atoms with van der Waals surface area (Å²) in [7, 11) is 0. The van der Waals surface area contributed by atoms with E-state index in [1.54, 1.807) is 31.2 Å². The molecule has 4 atom stereocenters. The number of hydrogen-bond donors (Lipinski definition) is 1. The third kappa shape index (κ3) is 9.65. The van der Waals surface area contributed by atoms with Crippen LogP contribution in [0.1, 0.15) is 44.4 Å². The van der Waals surface area contributed by atoms with E-state index in [1.165, 1.54) is 5.56 Å². The maximum atomic E-state index is 12.7. The molecule has 1 saturated carbocycles. The number of piperidine rings is 1. The molecule has 1 aliphatic heterocycles. The summed E-state index contributed by atoms with van der Waals surface area (Å²) >= 11 is -0.0787. The van der Waals surface area contributed by atoms with Crippen LogP contribution in [0, 0.1) is 11.8 Å². The smallest absolute Gasteiger partial charge is 0.446 e. The van der Waals surface area contributed by atoms with Gasteiger partial charge in [0, 0.05) is 43.5 Å². The number of nitrogens with one attached hydrogen (secondary N) is 1. The van der Waals surface area contributed by atoms with E-state index in [1.807, 2.05) is 48.5 Å². The van der Waals surface area contributed by atoms with E-state index in [2.05, 4.69) is 31.0 Å². The van der Waals surface area contributed by atoms with Crippen LogP contribution in [0.5, 0.6) is 11.5 Å². The van der Waals surface area contributed by atoms with Gasteiger partial charge in [0.05, 0.1) is 6.61 Å². The number of nitrogens with zero attached hydrogens (tertiary/aromatic N) is 1. The van der Waals surface area contributed by atoms with Crippen molar-refractivity contribution >= 4 is 17.7 Å². The Balaban J connectivity index is 1.01. The molecule has 5 rings (SSSR count). The Morgan fingerprint density at radius 2 is 1.52 bits per heavy atom. The lowest BCUT2D eigenvalue weighted by atomic mass is 9.87. The molecular formula is C36H43F3N2O4S. The van der Waals surface area contributed by atoms with E-state index in [0.29, 0.717) is 36.7 Å². The van der Waals surface area contributed by atoms with Crippen LogP contribution in [0.15, 0.2) is 77.7 Å². The summed E-state index contributed by atoms with van der Waals surface area (Å²) in [6.07, 6.45) is -0.376. The highest BCUT2D eigenvalue weighted by Crippen LogP contribution is 2.46. The van der Waals surface area contributed by atoms with Crippen molar-refractivity contribution in [1.29, 1.82) is 0 Å². The molecule has 2 fully saturated rings. The van der Waals surface area contributed by atoms with E-state index < -0.39 is 11.6 Å². The van der Waals surface area contributed by atoms with Crippen LogP contribution < -0.4 is 14.8 Å². The van der Waals surface area contributed by atoms with Crippen LogP contribution in [0.2, 0.25) is 0 Å². The summed E-state index contributed by atoms with van der Waals surface area (Å²) in [5.74, 6) is 2.21. The Morgan fingerprint density at radius 1 is 0.913 bits per heavy atom. The normalized spacial score (nSPS) is 20.2. The first kappa shape index (κ1) is 34.1. The molecule has 46 heavy (non-hydrogen) atoms. The van der Waals surface area contributed by atoms with Gasteiger partial charge in [0.2, 0.25) is 0 Å². The molecule has 1 unspecified atom stereocenters. The number of halogens is 3. The van der Waals surface area contributed by atoms with Gasteiger partial charge in [0.25, 0.3) is 0 Å². The zero-order valence-electron chi connectivity index (χ0n) is 26.8. The first-order valence-electron chi connectivity index (χ1n) is 15.8. The fourth-order valence-corrected chi connectivity index (χ4v) is 6.58. The quantitative estimate of drug-likeness (QED) is 0.112. The minimum atomic E-state index is -4.26. The van der Waals surface area contributed by atoms with Gasteiger partial charge in [0.1, 0.15) is 18.1 Å². The van der Waals surface area contributed by atoms with Crippen molar-refractivity contribution in [1.82, 2.24) is 10.2 Å². The summed E-state index contributed by atoms with van der Waals surface area (Å²) in [5, 5.41) is 3.61. The highest BCUT2D eigenvalue weighted by atomic mass is 32.2. The molecule has 0 bridgehead atoms. The van der Waals surface area contributed by atoms with Crippen LogP contribution in [0.25, 0.3) is 0 Å². The lowest BCUT2D eigenvalue weighted by molar-refractivity contribution is -0.151. The molecule has 248 valence electrons. The summed E-state index contributed by atoms with van der Waals surface area (Å²) in [6, 6.07) is 22.7. The molecule has 1 heterocycles. The first-order chi connectivity index (χ1) is 21.9. The SMILES string of the molecule is CCOC(=O)[C@H](Cc1ccc(OCCNC2[C@H]3CN(Cc4ccc(SC(F)(F)F)cc4)C[C@@H]23)cc1)Oc1ccc(C(C)(C)C)cc1. The summed E-state index contributed by atoms with van der Waals surface area (Å²) in [6.45, 7) is 12.5. The topological polar surface area (TPSA) is 60.0 Å². The Labute approximate surface area is 274 Å². The van der Waals surface area contributed by atoms with Crippen molar-refractivity contribution < 1.29 is 32.2 Å². The van der Waals surface area contributed by atoms with Crippen LogP contribution in [-0.2, 0) is 27.9 Å². The standard InChI is InChI=1S/C36H43F3N2O4S/c1-5-43-34(42)32(45-28-14-10-26(11-15-28)35(2,3)4)20-24-6-12-27(13-7-24)44-19-18-40-33-30-22-41(23-31(30)33)21-25-8-16-29(17-9-25)46-36(37,38)39/h6-17,30-33,40H,5,18-23H2,1-4H3/t30-,31+,32-,33?/m0/s1. The second-order valence-electron chi connectivity index (χ2n) is 13.0. The largest absolute Gasteiger partial charge is 0.492 e. The molecule has 1 N–H and O–H groups in total. The minimum absolute atomic E-state index is 0.0299. The Morgan fingerprint density at radius 3 is 2.11 bits per heavy atom. The average Bonchev–Trinajstić information content (AvgIpc) is 3.45. The van der Waals surface area contributed by atoms with Gasteiger partial charge < -0.3 is 19.5 Å². The summed E-state index contributed by atoms with van der Waals surface area (Å²) < 4.78 is 55.0. The van der Waals surface area contributed by atoms with E-state index >= 15 is 0 Å².